The molecule has 1 aliphatic heterocycles. The summed E-state index contributed by atoms with van der Waals surface area (Å²) < 4.78 is 38.7. The van der Waals surface area contributed by atoms with E-state index in [1.54, 1.807) is 0 Å². The molecule has 3 N–H and O–H groups in total. The maximum absolute atomic E-state index is 12.9. The van der Waals surface area contributed by atoms with Crippen LogP contribution < -0.4 is 5.32 Å². The monoisotopic (exact) mass is 317 g/mol. The van der Waals surface area contributed by atoms with Crippen LogP contribution in [-0.2, 0) is 10.5 Å². The van der Waals surface area contributed by atoms with Crippen LogP contribution in [0.5, 0.6) is 0 Å². The summed E-state index contributed by atoms with van der Waals surface area (Å²) in [5.41, 5.74) is -3.20. The molecule has 10 heteroatoms. The molecule has 1 aliphatic rings. The van der Waals surface area contributed by atoms with Crippen LogP contribution in [-0.4, -0.2) is 40.9 Å². The minimum absolute atomic E-state index is 0.196. The fourth-order valence-corrected chi connectivity index (χ4v) is 1.75. The molecule has 1 aromatic carbocycles. The van der Waals surface area contributed by atoms with Crippen molar-refractivity contribution >= 4 is 11.9 Å². The number of rotatable bonds is 5. The van der Waals surface area contributed by atoms with Gasteiger partial charge < -0.3 is 15.5 Å². The fourth-order valence-electron chi connectivity index (χ4n) is 1.75. The third-order valence-electron chi connectivity index (χ3n) is 3.01. The summed E-state index contributed by atoms with van der Waals surface area (Å²) in [5.74, 6) is -2.40. The average Bonchev–Trinajstić information content (AvgIpc) is 3.25. The molecule has 0 aliphatic carbocycles. The van der Waals surface area contributed by atoms with E-state index in [1.807, 2.05) is 5.32 Å². The van der Waals surface area contributed by atoms with Gasteiger partial charge in [-0.3, -0.25) is 4.79 Å². The molecule has 1 amide bonds. The second-order valence-electron chi connectivity index (χ2n) is 4.50. The maximum atomic E-state index is 12.9. The molecule has 0 spiro atoms. The Hall–Kier alpha value is -2.49. The number of carbonyl (C=O) groups excluding carboxylic acids is 1. The molecule has 0 radical (unpaired) electrons. The zero-order chi connectivity index (χ0) is 16.5. The minimum atomic E-state index is -4.73. The van der Waals surface area contributed by atoms with E-state index in [4.69, 9.17) is 10.2 Å². The van der Waals surface area contributed by atoms with E-state index in [0.717, 1.165) is 12.1 Å². The number of alkyl halides is 3. The third kappa shape index (κ3) is 2.77. The van der Waals surface area contributed by atoms with Crippen LogP contribution in [0, 0.1) is 0 Å². The highest BCUT2D eigenvalue weighted by atomic mass is 19.4. The van der Waals surface area contributed by atoms with Crippen molar-refractivity contribution in [3.63, 3.8) is 0 Å². The summed E-state index contributed by atoms with van der Waals surface area (Å²) in [6, 6.07) is 2.91. The lowest BCUT2D eigenvalue weighted by Crippen LogP contribution is -2.43. The van der Waals surface area contributed by atoms with Crippen LogP contribution in [0.4, 0.5) is 13.2 Å². The van der Waals surface area contributed by atoms with Crippen LogP contribution >= 0.6 is 0 Å². The Kier molecular flexibility index (Phi) is 3.88. The molecule has 0 fully saturated rings. The molecule has 1 aromatic rings. The number of carboxylic acids is 1. The Labute approximate surface area is 121 Å². The van der Waals surface area contributed by atoms with Gasteiger partial charge in [0.2, 0.25) is 0 Å². The zero-order valence-electron chi connectivity index (χ0n) is 10.8. The molecule has 1 heterocycles. The molecule has 0 aromatic heterocycles. The smallest absolute Gasteiger partial charge is 0.442 e. The van der Waals surface area contributed by atoms with Crippen molar-refractivity contribution in [2.45, 2.75) is 17.9 Å². The summed E-state index contributed by atoms with van der Waals surface area (Å²) in [6.45, 7) is -0.849. The van der Waals surface area contributed by atoms with Gasteiger partial charge in [0.25, 0.3) is 5.91 Å². The molecule has 118 valence electrons. The second kappa shape index (κ2) is 5.37. The van der Waals surface area contributed by atoms with Gasteiger partial charge in [-0.15, -0.1) is 10.2 Å². The Morgan fingerprint density at radius 2 is 1.95 bits per heavy atom. The number of nitrogens with zero attached hydrogens (tertiary/aromatic N) is 2. The molecule has 22 heavy (non-hydrogen) atoms. The number of aliphatic hydroxyl groups excluding tert-OH is 1. The number of aliphatic carboxylic acids is 1. The van der Waals surface area contributed by atoms with Crippen LogP contribution in [0.3, 0.4) is 0 Å². The topological polar surface area (TPSA) is 111 Å². The highest BCUT2D eigenvalue weighted by molar-refractivity contribution is 5.96. The SMILES string of the molecule is O=C(N[C@@H](CO)C(=O)O)c1cccc(C2(C(F)(F)F)N=N2)c1. The first-order chi connectivity index (χ1) is 10.2. The zero-order valence-corrected chi connectivity index (χ0v) is 10.8. The quantitative estimate of drug-likeness (QED) is 0.753. The number of benzene rings is 1. The van der Waals surface area contributed by atoms with Gasteiger partial charge in [-0.2, -0.15) is 13.2 Å². The Morgan fingerprint density at radius 3 is 2.41 bits per heavy atom. The predicted molar refractivity (Wildman–Crippen MR) is 65.0 cm³/mol. The Morgan fingerprint density at radius 1 is 1.32 bits per heavy atom. The Balaban J connectivity index is 2.23. The maximum Gasteiger partial charge on any atom is 0.442 e. The lowest BCUT2D eigenvalue weighted by molar-refractivity contribution is -0.166. The summed E-state index contributed by atoms with van der Waals surface area (Å²) in [4.78, 5) is 22.6. The standard InChI is InChI=1S/C12H10F3N3O4/c13-12(14,15)11(17-18-11)7-3-1-2-6(4-7)9(20)16-8(5-19)10(21)22/h1-4,8,19H,5H2,(H,16,20)(H,21,22)/t8-/m0/s1. The van der Waals surface area contributed by atoms with E-state index in [1.165, 1.54) is 12.1 Å². The first-order valence-electron chi connectivity index (χ1n) is 5.97. The molecule has 2 rings (SSSR count). The first kappa shape index (κ1) is 15.9. The molecule has 0 saturated heterocycles. The van der Waals surface area contributed by atoms with Gasteiger partial charge in [-0.25, -0.2) is 4.79 Å². The van der Waals surface area contributed by atoms with Crippen molar-refractivity contribution in [3.8, 4) is 0 Å². The third-order valence-corrected chi connectivity index (χ3v) is 3.01. The lowest BCUT2D eigenvalue weighted by Gasteiger charge is -2.16. The molecule has 1 atom stereocenters. The number of carboxylic acid groups (broad SMARTS) is 1. The van der Waals surface area contributed by atoms with E-state index < -0.39 is 36.4 Å². The van der Waals surface area contributed by atoms with E-state index in [9.17, 15) is 22.8 Å². The number of hydrogen-bond acceptors (Lipinski definition) is 5. The van der Waals surface area contributed by atoms with Gasteiger partial charge in [0.1, 0.15) is 0 Å². The lowest BCUT2D eigenvalue weighted by atomic mass is 10.00. The van der Waals surface area contributed by atoms with E-state index in [0.29, 0.717) is 0 Å². The van der Waals surface area contributed by atoms with Crippen LogP contribution in [0.25, 0.3) is 0 Å². The summed E-state index contributed by atoms with van der Waals surface area (Å²) >= 11 is 0. The molecule has 7 nitrogen and oxygen atoms in total. The second-order valence-corrected chi connectivity index (χ2v) is 4.50. The fraction of sp³-hybridized carbons (Fsp3) is 0.333. The number of halogens is 3. The van der Waals surface area contributed by atoms with Crippen molar-refractivity contribution in [1.82, 2.24) is 5.32 Å². The first-order valence-corrected chi connectivity index (χ1v) is 5.97. The number of hydrogen-bond donors (Lipinski definition) is 3. The number of carbonyl (C=O) groups is 2. The summed E-state index contributed by atoms with van der Waals surface area (Å²) in [7, 11) is 0. The van der Waals surface area contributed by atoms with Crippen molar-refractivity contribution in [1.29, 1.82) is 0 Å². The molecular formula is C12H10F3N3O4. The van der Waals surface area contributed by atoms with Crippen molar-refractivity contribution in [2.24, 2.45) is 10.2 Å². The summed E-state index contributed by atoms with van der Waals surface area (Å²) in [5, 5.41) is 25.6. The Bertz CT molecular complexity index is 639. The highest BCUT2D eigenvalue weighted by Crippen LogP contribution is 2.52. The molecule has 0 saturated carbocycles. The van der Waals surface area contributed by atoms with Crippen LogP contribution in [0.15, 0.2) is 34.5 Å². The molecular weight excluding hydrogens is 307 g/mol. The number of aliphatic hydroxyl groups is 1. The van der Waals surface area contributed by atoms with E-state index in [2.05, 4.69) is 10.2 Å². The van der Waals surface area contributed by atoms with E-state index in [-0.39, 0.29) is 11.1 Å². The average molecular weight is 317 g/mol. The van der Waals surface area contributed by atoms with Crippen molar-refractivity contribution in [2.75, 3.05) is 6.61 Å². The largest absolute Gasteiger partial charge is 0.480 e. The van der Waals surface area contributed by atoms with Crippen LogP contribution in [0.2, 0.25) is 0 Å². The predicted octanol–water partition coefficient (Wildman–Crippen LogP) is 1.04. The summed E-state index contributed by atoms with van der Waals surface area (Å²) in [6.07, 6.45) is -4.73. The van der Waals surface area contributed by atoms with Crippen LogP contribution in [0.1, 0.15) is 15.9 Å². The van der Waals surface area contributed by atoms with Gasteiger partial charge >= 0.3 is 17.8 Å². The normalized spacial score (nSPS) is 16.9. The number of nitrogens with one attached hydrogen (secondary N) is 1. The van der Waals surface area contributed by atoms with Gasteiger partial charge in [-0.05, 0) is 12.1 Å². The van der Waals surface area contributed by atoms with Gasteiger partial charge in [-0.1, -0.05) is 12.1 Å². The van der Waals surface area contributed by atoms with Crippen molar-refractivity contribution < 1.29 is 33.0 Å². The van der Waals surface area contributed by atoms with Gasteiger partial charge in [0, 0.05) is 11.1 Å². The van der Waals surface area contributed by atoms with Gasteiger partial charge in [0.15, 0.2) is 6.04 Å². The van der Waals surface area contributed by atoms with E-state index >= 15 is 0 Å². The number of amides is 1. The molecule has 0 unspecified atom stereocenters. The van der Waals surface area contributed by atoms with Crippen molar-refractivity contribution in [3.05, 3.63) is 35.4 Å². The van der Waals surface area contributed by atoms with Gasteiger partial charge in [0.05, 0.1) is 6.61 Å². The molecule has 0 bridgehead atoms. The highest BCUT2D eigenvalue weighted by Gasteiger charge is 2.65. The minimum Gasteiger partial charge on any atom is -0.480 e.